The molecule has 1 amide bonds. The van der Waals surface area contributed by atoms with Crippen molar-refractivity contribution in [3.05, 3.63) is 11.1 Å². The van der Waals surface area contributed by atoms with Crippen molar-refractivity contribution in [1.29, 1.82) is 0 Å². The molecule has 1 N–H and O–H groups in total. The highest BCUT2D eigenvalue weighted by atomic mass is 35.5. The van der Waals surface area contributed by atoms with Gasteiger partial charge in [-0.3, -0.25) is 4.79 Å². The number of carbonyl (C=O) groups is 1. The average molecular weight is 251 g/mol. The molecular formula is C8H8Cl2N2OS. The Morgan fingerprint density at radius 1 is 1.79 bits per heavy atom. The van der Waals surface area contributed by atoms with Crippen molar-refractivity contribution >= 4 is 45.6 Å². The molecule has 0 spiro atoms. The number of hydrogen-bond acceptors (Lipinski definition) is 3. The lowest BCUT2D eigenvalue weighted by molar-refractivity contribution is -0.117. The Bertz CT molecular complexity index is 377. The number of anilines is 1. The number of aryl methyl sites for hydroxylation is 1. The van der Waals surface area contributed by atoms with Crippen molar-refractivity contribution in [3.8, 4) is 0 Å². The smallest absolute Gasteiger partial charge is 0.232 e. The van der Waals surface area contributed by atoms with E-state index in [1.807, 2.05) is 6.92 Å². The second-order valence-electron chi connectivity index (χ2n) is 3.28. The van der Waals surface area contributed by atoms with Gasteiger partial charge in [0, 0.05) is 11.1 Å². The summed E-state index contributed by atoms with van der Waals surface area (Å²) in [5.41, 5.74) is 0. The van der Waals surface area contributed by atoms with Crippen molar-refractivity contribution in [2.45, 2.75) is 17.7 Å². The van der Waals surface area contributed by atoms with Crippen LogP contribution in [0.15, 0.2) is 6.20 Å². The topological polar surface area (TPSA) is 42.0 Å². The first-order chi connectivity index (χ1) is 6.49. The van der Waals surface area contributed by atoms with Crippen LogP contribution in [-0.4, -0.2) is 15.2 Å². The fourth-order valence-electron chi connectivity index (χ4n) is 1.10. The largest absolute Gasteiger partial charge is 0.302 e. The molecule has 0 saturated heterocycles. The lowest BCUT2D eigenvalue weighted by atomic mass is 10.4. The third-order valence-corrected chi connectivity index (χ3v) is 3.66. The van der Waals surface area contributed by atoms with Crippen molar-refractivity contribution in [2.75, 3.05) is 5.32 Å². The molecule has 1 saturated carbocycles. The molecule has 1 unspecified atom stereocenters. The molecule has 1 aliphatic rings. The van der Waals surface area contributed by atoms with Gasteiger partial charge in [0.2, 0.25) is 5.91 Å². The van der Waals surface area contributed by atoms with Gasteiger partial charge >= 0.3 is 0 Å². The molecule has 1 aromatic rings. The summed E-state index contributed by atoms with van der Waals surface area (Å²) in [4.78, 5) is 16.6. The van der Waals surface area contributed by atoms with E-state index in [2.05, 4.69) is 10.3 Å². The van der Waals surface area contributed by atoms with Gasteiger partial charge in [-0.05, 0) is 13.3 Å². The zero-order chi connectivity index (χ0) is 10.3. The van der Waals surface area contributed by atoms with Crippen LogP contribution >= 0.6 is 34.5 Å². The number of aromatic nitrogens is 1. The molecule has 14 heavy (non-hydrogen) atoms. The first kappa shape index (κ1) is 10.2. The van der Waals surface area contributed by atoms with Crippen LogP contribution < -0.4 is 5.32 Å². The molecule has 0 bridgehead atoms. The summed E-state index contributed by atoms with van der Waals surface area (Å²) in [5, 5.41) is 3.28. The fourth-order valence-corrected chi connectivity index (χ4v) is 2.28. The zero-order valence-corrected chi connectivity index (χ0v) is 9.71. The van der Waals surface area contributed by atoms with E-state index in [4.69, 9.17) is 23.2 Å². The second kappa shape index (κ2) is 3.36. The average Bonchev–Trinajstić information content (AvgIpc) is 2.51. The van der Waals surface area contributed by atoms with E-state index in [1.165, 1.54) is 11.3 Å². The minimum Gasteiger partial charge on any atom is -0.302 e. The van der Waals surface area contributed by atoms with Gasteiger partial charge in [-0.25, -0.2) is 4.98 Å². The Kier molecular flexibility index (Phi) is 2.45. The predicted molar refractivity (Wildman–Crippen MR) is 58.0 cm³/mol. The van der Waals surface area contributed by atoms with Crippen molar-refractivity contribution in [1.82, 2.24) is 4.98 Å². The minimum atomic E-state index is -0.865. The molecule has 0 aromatic carbocycles. The predicted octanol–water partition coefficient (Wildman–Crippen LogP) is 2.58. The highest BCUT2D eigenvalue weighted by molar-refractivity contribution is 7.15. The first-order valence-corrected chi connectivity index (χ1v) is 5.67. The summed E-state index contributed by atoms with van der Waals surface area (Å²) >= 11 is 13.0. The van der Waals surface area contributed by atoms with E-state index >= 15 is 0 Å². The van der Waals surface area contributed by atoms with Crippen LogP contribution in [0.2, 0.25) is 0 Å². The summed E-state index contributed by atoms with van der Waals surface area (Å²) in [6.45, 7) is 1.93. The van der Waals surface area contributed by atoms with Crippen LogP contribution in [0, 0.1) is 12.8 Å². The molecule has 1 fully saturated rings. The van der Waals surface area contributed by atoms with Gasteiger partial charge in [0.1, 0.15) is 4.33 Å². The van der Waals surface area contributed by atoms with Crippen molar-refractivity contribution in [3.63, 3.8) is 0 Å². The number of nitrogens with zero attached hydrogens (tertiary/aromatic N) is 1. The molecule has 0 radical (unpaired) electrons. The number of rotatable bonds is 2. The second-order valence-corrected chi connectivity index (χ2v) is 6.06. The molecule has 1 heterocycles. The van der Waals surface area contributed by atoms with Crippen LogP contribution in [0.1, 0.15) is 11.3 Å². The number of alkyl halides is 2. The molecule has 0 aliphatic heterocycles. The van der Waals surface area contributed by atoms with Gasteiger partial charge in [0.15, 0.2) is 5.13 Å². The molecular weight excluding hydrogens is 243 g/mol. The number of nitrogens with one attached hydrogen (secondary N) is 1. The van der Waals surface area contributed by atoms with Crippen LogP contribution in [0.25, 0.3) is 0 Å². The lowest BCUT2D eigenvalue weighted by Crippen LogP contribution is -2.16. The van der Waals surface area contributed by atoms with Gasteiger partial charge in [-0.15, -0.1) is 34.5 Å². The van der Waals surface area contributed by atoms with E-state index in [1.54, 1.807) is 6.20 Å². The molecule has 6 heteroatoms. The SMILES string of the molecule is Cc1cnc(NC(=O)C2CC2(Cl)Cl)s1. The van der Waals surface area contributed by atoms with E-state index < -0.39 is 4.33 Å². The third kappa shape index (κ3) is 2.02. The summed E-state index contributed by atoms with van der Waals surface area (Å²) < 4.78 is -0.865. The van der Waals surface area contributed by atoms with E-state index in [-0.39, 0.29) is 11.8 Å². The van der Waals surface area contributed by atoms with Gasteiger partial charge < -0.3 is 5.32 Å². The summed E-state index contributed by atoms with van der Waals surface area (Å²) in [5.74, 6) is -0.445. The molecule has 76 valence electrons. The normalized spacial score (nSPS) is 23.2. The standard InChI is InChI=1S/C8H8Cl2N2OS/c1-4-3-11-7(14-4)12-6(13)5-2-8(5,9)10/h3,5H,2H2,1H3,(H,11,12,13). The Morgan fingerprint density at radius 2 is 2.43 bits per heavy atom. The molecule has 2 rings (SSSR count). The van der Waals surface area contributed by atoms with Crippen LogP contribution in [-0.2, 0) is 4.79 Å². The van der Waals surface area contributed by atoms with E-state index in [9.17, 15) is 4.79 Å². The molecule has 1 aromatic heterocycles. The van der Waals surface area contributed by atoms with Gasteiger partial charge in [-0.1, -0.05) is 0 Å². The number of thiazole rings is 1. The first-order valence-electron chi connectivity index (χ1n) is 4.10. The summed E-state index contributed by atoms with van der Waals surface area (Å²) in [7, 11) is 0. The van der Waals surface area contributed by atoms with E-state index in [0.717, 1.165) is 4.88 Å². The Hall–Kier alpha value is -0.320. The third-order valence-electron chi connectivity index (χ3n) is 1.99. The number of halogens is 2. The quantitative estimate of drug-likeness (QED) is 0.821. The Labute approximate surface area is 95.4 Å². The van der Waals surface area contributed by atoms with Crippen molar-refractivity contribution in [2.24, 2.45) is 5.92 Å². The van der Waals surface area contributed by atoms with Crippen LogP contribution in [0.5, 0.6) is 0 Å². The maximum absolute atomic E-state index is 11.5. The van der Waals surface area contributed by atoms with Crippen LogP contribution in [0.4, 0.5) is 5.13 Å². The Balaban J connectivity index is 1.96. The summed E-state index contributed by atoms with van der Waals surface area (Å²) in [6.07, 6.45) is 2.23. The fraction of sp³-hybridized carbons (Fsp3) is 0.500. The molecule has 1 atom stereocenters. The van der Waals surface area contributed by atoms with Gasteiger partial charge in [0.05, 0.1) is 5.92 Å². The Morgan fingerprint density at radius 3 is 2.86 bits per heavy atom. The minimum absolute atomic E-state index is 0.149. The maximum Gasteiger partial charge on any atom is 0.232 e. The number of amides is 1. The summed E-state index contributed by atoms with van der Waals surface area (Å²) in [6, 6.07) is 0. The van der Waals surface area contributed by atoms with Crippen LogP contribution in [0.3, 0.4) is 0 Å². The highest BCUT2D eigenvalue weighted by Gasteiger charge is 2.56. The number of hydrogen-bond donors (Lipinski definition) is 1. The zero-order valence-electron chi connectivity index (χ0n) is 7.38. The van der Waals surface area contributed by atoms with Gasteiger partial charge in [-0.2, -0.15) is 0 Å². The monoisotopic (exact) mass is 250 g/mol. The molecule has 1 aliphatic carbocycles. The van der Waals surface area contributed by atoms with Crippen molar-refractivity contribution < 1.29 is 4.79 Å². The molecule has 3 nitrogen and oxygen atoms in total. The van der Waals surface area contributed by atoms with Gasteiger partial charge in [0.25, 0.3) is 0 Å². The lowest BCUT2D eigenvalue weighted by Gasteiger charge is -2.00. The maximum atomic E-state index is 11.5. The number of carbonyl (C=O) groups excluding carboxylic acids is 1. The van der Waals surface area contributed by atoms with E-state index in [0.29, 0.717) is 11.6 Å². The highest BCUT2D eigenvalue weighted by Crippen LogP contribution is 2.53.